The summed E-state index contributed by atoms with van der Waals surface area (Å²) in [7, 11) is 0. The van der Waals surface area contributed by atoms with Crippen molar-refractivity contribution >= 4 is 11.7 Å². The molecule has 3 N–H and O–H groups in total. The Hall–Kier alpha value is -3.63. The molecule has 1 saturated heterocycles. The molecule has 1 atom stereocenters. The Morgan fingerprint density at radius 3 is 2.47 bits per heavy atom. The molecule has 3 aromatic rings. The first-order valence-electron chi connectivity index (χ1n) is 11.5. The number of nitrogens with zero attached hydrogens (tertiary/aromatic N) is 2. The van der Waals surface area contributed by atoms with Crippen LogP contribution in [0.1, 0.15) is 40.0 Å². The smallest absolute Gasteiger partial charge is 0.416 e. The van der Waals surface area contributed by atoms with E-state index in [0.29, 0.717) is 54.4 Å². The van der Waals surface area contributed by atoms with Crippen LogP contribution in [-0.2, 0) is 17.5 Å². The van der Waals surface area contributed by atoms with Crippen LogP contribution < -0.4 is 20.7 Å². The van der Waals surface area contributed by atoms with E-state index in [4.69, 9.17) is 10.5 Å². The molecule has 2 aromatic carbocycles. The van der Waals surface area contributed by atoms with Gasteiger partial charge in [0.15, 0.2) is 0 Å². The number of hydrogen-bond donors (Lipinski definition) is 2. The number of hydrogen-bond acceptors (Lipinski definition) is 5. The van der Waals surface area contributed by atoms with Gasteiger partial charge in [-0.2, -0.15) is 13.2 Å². The molecule has 190 valence electrons. The standard InChI is InChI=1S/C26H27F3N4O3/c1-17(31-25(34)20-8-9-33(35)24(14-20)32-10-12-36-13-11-32)18-2-4-19(5-3-18)23-15-22(26(27,28)29)7-6-21(23)16-30/h2-9,14-15,17H,10-13,16,30H2,1H3,(H,31,34)/t17-/m1/s1. The van der Waals surface area contributed by atoms with Gasteiger partial charge in [-0.25, -0.2) is 4.73 Å². The maximum Gasteiger partial charge on any atom is 0.416 e. The second kappa shape index (κ2) is 10.5. The first kappa shape index (κ1) is 25.5. The minimum absolute atomic E-state index is 0.106. The Morgan fingerprint density at radius 1 is 1.14 bits per heavy atom. The van der Waals surface area contributed by atoms with E-state index in [9.17, 15) is 23.2 Å². The van der Waals surface area contributed by atoms with E-state index in [1.54, 1.807) is 30.3 Å². The monoisotopic (exact) mass is 500 g/mol. The molecular formula is C26H27F3N4O3. The predicted molar refractivity (Wildman–Crippen MR) is 129 cm³/mol. The van der Waals surface area contributed by atoms with Gasteiger partial charge < -0.3 is 21.0 Å². The predicted octanol–water partition coefficient (Wildman–Crippen LogP) is 3.79. The minimum atomic E-state index is -4.45. The van der Waals surface area contributed by atoms with Crippen LogP contribution in [0.25, 0.3) is 11.1 Å². The molecule has 0 bridgehead atoms. The van der Waals surface area contributed by atoms with E-state index in [1.165, 1.54) is 18.3 Å². The van der Waals surface area contributed by atoms with Crippen LogP contribution in [0.5, 0.6) is 0 Å². The van der Waals surface area contributed by atoms with E-state index in [-0.39, 0.29) is 18.5 Å². The van der Waals surface area contributed by atoms with Crippen molar-refractivity contribution in [1.82, 2.24) is 5.32 Å². The Morgan fingerprint density at radius 2 is 1.83 bits per heavy atom. The van der Waals surface area contributed by atoms with Gasteiger partial charge in [0.25, 0.3) is 11.7 Å². The molecule has 0 unspecified atom stereocenters. The number of amides is 1. The van der Waals surface area contributed by atoms with E-state index < -0.39 is 11.7 Å². The number of carbonyl (C=O) groups is 1. The molecule has 1 amide bonds. The SMILES string of the molecule is C[C@@H](NC(=O)c1cc[n+]([O-])c(N2CCOCC2)c1)c1ccc(-c2cc(C(F)(F)F)ccc2CN)cc1. The van der Waals surface area contributed by atoms with Crippen LogP contribution in [0.15, 0.2) is 60.8 Å². The average molecular weight is 501 g/mol. The second-order valence-electron chi connectivity index (χ2n) is 8.59. The molecule has 0 aliphatic carbocycles. The molecular weight excluding hydrogens is 473 g/mol. The summed E-state index contributed by atoms with van der Waals surface area (Å²) in [4.78, 5) is 14.8. The van der Waals surface area contributed by atoms with Gasteiger partial charge in [-0.05, 0) is 47.4 Å². The fourth-order valence-corrected chi connectivity index (χ4v) is 4.15. The molecule has 0 spiro atoms. The van der Waals surface area contributed by atoms with Gasteiger partial charge >= 0.3 is 6.18 Å². The molecule has 10 heteroatoms. The Labute approximate surface area is 206 Å². The molecule has 1 aliphatic heterocycles. The number of benzene rings is 2. The fourth-order valence-electron chi connectivity index (χ4n) is 4.15. The second-order valence-corrected chi connectivity index (χ2v) is 8.59. The van der Waals surface area contributed by atoms with Gasteiger partial charge in [0, 0.05) is 12.6 Å². The lowest BCUT2D eigenvalue weighted by Crippen LogP contribution is -2.44. The zero-order valence-electron chi connectivity index (χ0n) is 19.7. The van der Waals surface area contributed by atoms with Gasteiger partial charge in [0.05, 0.1) is 36.6 Å². The van der Waals surface area contributed by atoms with Crippen molar-refractivity contribution < 1.29 is 27.4 Å². The summed E-state index contributed by atoms with van der Waals surface area (Å²) < 4.78 is 45.7. The summed E-state index contributed by atoms with van der Waals surface area (Å²) in [6.45, 7) is 4.06. The molecule has 1 aromatic heterocycles. The normalized spacial score (nSPS) is 15.0. The number of nitrogens with two attached hydrogens (primary N) is 1. The molecule has 4 rings (SSSR count). The van der Waals surface area contributed by atoms with Crippen LogP contribution in [0.4, 0.5) is 19.0 Å². The minimum Gasteiger partial charge on any atom is -0.711 e. The van der Waals surface area contributed by atoms with Gasteiger partial charge in [0.2, 0.25) is 0 Å². The zero-order valence-corrected chi connectivity index (χ0v) is 19.7. The highest BCUT2D eigenvalue weighted by atomic mass is 19.4. The lowest BCUT2D eigenvalue weighted by Gasteiger charge is -2.24. The Balaban J connectivity index is 1.50. The van der Waals surface area contributed by atoms with E-state index in [2.05, 4.69) is 5.32 Å². The van der Waals surface area contributed by atoms with Crippen LogP contribution in [0.2, 0.25) is 0 Å². The molecule has 0 saturated carbocycles. The molecule has 0 radical (unpaired) electrons. The van der Waals surface area contributed by atoms with Crippen molar-refractivity contribution in [3.8, 4) is 11.1 Å². The van der Waals surface area contributed by atoms with Gasteiger partial charge in [-0.3, -0.25) is 9.69 Å². The number of aromatic nitrogens is 1. The highest BCUT2D eigenvalue weighted by molar-refractivity contribution is 5.94. The maximum atomic E-state index is 13.2. The highest BCUT2D eigenvalue weighted by Gasteiger charge is 2.31. The largest absolute Gasteiger partial charge is 0.711 e. The summed E-state index contributed by atoms with van der Waals surface area (Å²) in [5.74, 6) is 0.0460. The third kappa shape index (κ3) is 5.60. The van der Waals surface area contributed by atoms with E-state index in [1.807, 2.05) is 11.8 Å². The number of ether oxygens (including phenoxy) is 1. The van der Waals surface area contributed by atoms with Crippen molar-refractivity contribution in [3.63, 3.8) is 0 Å². The lowest BCUT2D eigenvalue weighted by atomic mass is 9.95. The number of alkyl halides is 3. The summed E-state index contributed by atoms with van der Waals surface area (Å²) in [5.41, 5.74) is 7.75. The number of morpholine rings is 1. The molecule has 36 heavy (non-hydrogen) atoms. The van der Waals surface area contributed by atoms with Crippen molar-refractivity contribution in [2.24, 2.45) is 5.73 Å². The molecule has 2 heterocycles. The summed E-state index contributed by atoms with van der Waals surface area (Å²) in [6.07, 6.45) is -3.14. The van der Waals surface area contributed by atoms with Crippen LogP contribution in [0, 0.1) is 5.21 Å². The Bertz CT molecular complexity index is 1230. The Kier molecular flexibility index (Phi) is 7.46. The summed E-state index contributed by atoms with van der Waals surface area (Å²) in [5, 5.41) is 15.2. The van der Waals surface area contributed by atoms with Crippen molar-refractivity contribution in [1.29, 1.82) is 0 Å². The molecule has 1 fully saturated rings. The van der Waals surface area contributed by atoms with Crippen LogP contribution >= 0.6 is 0 Å². The van der Waals surface area contributed by atoms with Crippen molar-refractivity contribution in [3.05, 3.63) is 88.3 Å². The number of rotatable bonds is 6. The summed E-state index contributed by atoms with van der Waals surface area (Å²) in [6, 6.07) is 13.1. The van der Waals surface area contributed by atoms with E-state index >= 15 is 0 Å². The third-order valence-corrected chi connectivity index (χ3v) is 6.22. The van der Waals surface area contributed by atoms with Crippen molar-refractivity contribution in [2.75, 3.05) is 31.2 Å². The first-order chi connectivity index (χ1) is 17.2. The highest BCUT2D eigenvalue weighted by Crippen LogP contribution is 2.34. The number of anilines is 1. The number of pyridine rings is 1. The first-order valence-corrected chi connectivity index (χ1v) is 11.5. The van der Waals surface area contributed by atoms with E-state index in [0.717, 1.165) is 22.4 Å². The lowest BCUT2D eigenvalue weighted by molar-refractivity contribution is -0.592. The van der Waals surface area contributed by atoms with Gasteiger partial charge in [-0.1, -0.05) is 30.3 Å². The van der Waals surface area contributed by atoms with Crippen LogP contribution in [-0.4, -0.2) is 32.2 Å². The third-order valence-electron chi connectivity index (χ3n) is 6.22. The molecule has 1 aliphatic rings. The number of halogens is 3. The van der Waals surface area contributed by atoms with Crippen molar-refractivity contribution in [2.45, 2.75) is 25.7 Å². The average Bonchev–Trinajstić information content (AvgIpc) is 2.88. The quantitative estimate of drug-likeness (QED) is 0.397. The topological polar surface area (TPSA) is 94.5 Å². The van der Waals surface area contributed by atoms with Crippen LogP contribution in [0.3, 0.4) is 0 Å². The zero-order chi connectivity index (χ0) is 25.9. The fraction of sp³-hybridized carbons (Fsp3) is 0.308. The molecule has 7 nitrogen and oxygen atoms in total. The van der Waals surface area contributed by atoms with Gasteiger partial charge in [-0.15, -0.1) is 0 Å². The number of carbonyl (C=O) groups excluding carboxylic acids is 1. The maximum absolute atomic E-state index is 13.2. The van der Waals surface area contributed by atoms with Gasteiger partial charge in [0.1, 0.15) is 13.1 Å². The number of nitrogens with one attached hydrogen (secondary N) is 1. The summed E-state index contributed by atoms with van der Waals surface area (Å²) >= 11 is 0.